The van der Waals surface area contributed by atoms with Gasteiger partial charge in [0.15, 0.2) is 24.8 Å². The molecule has 6 rings (SSSR count). The molecule has 0 radical (unpaired) electrons. The van der Waals surface area contributed by atoms with Crippen molar-refractivity contribution in [3.63, 3.8) is 0 Å². The Balaban J connectivity index is 0.812. The molecule has 4 amide bonds. The van der Waals surface area contributed by atoms with Crippen LogP contribution in [0.4, 0.5) is 0 Å². The predicted octanol–water partition coefficient (Wildman–Crippen LogP) is 3.82. The van der Waals surface area contributed by atoms with E-state index in [0.717, 1.165) is 37.1 Å². The van der Waals surface area contributed by atoms with Crippen molar-refractivity contribution in [2.24, 2.45) is 10.3 Å². The Bertz CT molecular complexity index is 1700. The number of hydrogen-bond acceptors (Lipinski definition) is 8. The number of nitrogens with zero attached hydrogens (tertiary/aromatic N) is 6. The Morgan fingerprint density at radius 1 is 0.500 bits per heavy atom. The molecule has 2 aliphatic rings. The maximum Gasteiger partial charge on any atom is 0.261 e. The van der Waals surface area contributed by atoms with E-state index >= 15 is 0 Å². The minimum absolute atomic E-state index is 0.260. The van der Waals surface area contributed by atoms with E-state index in [2.05, 4.69) is 19.4 Å². The zero-order valence-electron chi connectivity index (χ0n) is 27.6. The quantitative estimate of drug-likeness (QED) is 0.0552. The molecule has 0 saturated carbocycles. The van der Waals surface area contributed by atoms with E-state index in [-0.39, 0.29) is 36.7 Å². The van der Waals surface area contributed by atoms with E-state index in [1.165, 1.54) is 9.80 Å². The summed E-state index contributed by atoms with van der Waals surface area (Å²) in [5.41, 5.74) is 3.63. The SMILES string of the molecule is O=C1c2ccccc2C(=O)N1CCCO/N=C/c1cc[n+](CCCC[n+]2ccc(/C=N/OCCCN3C(=O)c4ccccc4C3=O)cc2)cc1. The van der Waals surface area contributed by atoms with Crippen molar-refractivity contribution in [1.29, 1.82) is 0 Å². The van der Waals surface area contributed by atoms with Crippen molar-refractivity contribution in [2.75, 3.05) is 26.3 Å². The third-order valence-corrected chi connectivity index (χ3v) is 8.46. The molecule has 12 heteroatoms. The smallest absolute Gasteiger partial charge is 0.261 e. The standard InChI is InChI=1S/C38H38N6O6/c45-35-31-9-1-2-10-32(31)36(46)43(35)19-7-25-49-39-27-29-13-21-41(22-14-29)17-5-6-18-42-23-15-30(16-24-42)28-40-50-26-8-20-44-37(47)33-11-3-4-12-34(33)38(44)48/h1-4,9-16,21-24,27-28H,5-8,17-20,25-26H2/q+2/b39-27+,40-28+. The first-order valence-corrected chi connectivity index (χ1v) is 16.7. The Labute approximate surface area is 289 Å². The highest BCUT2D eigenvalue weighted by atomic mass is 16.6. The van der Waals surface area contributed by atoms with Gasteiger partial charge in [0, 0.05) is 74.2 Å². The zero-order chi connectivity index (χ0) is 34.7. The van der Waals surface area contributed by atoms with Gasteiger partial charge in [-0.25, -0.2) is 9.13 Å². The van der Waals surface area contributed by atoms with Gasteiger partial charge in [-0.1, -0.05) is 34.6 Å². The molecular formula is C38H38N6O6+2. The lowest BCUT2D eigenvalue weighted by Gasteiger charge is -2.12. The third-order valence-electron chi connectivity index (χ3n) is 8.46. The number of fused-ring (bicyclic) bond motifs is 2. The van der Waals surface area contributed by atoms with Crippen LogP contribution in [0, 0.1) is 0 Å². The summed E-state index contributed by atoms with van der Waals surface area (Å²) < 4.78 is 4.26. The van der Waals surface area contributed by atoms with Crippen LogP contribution in [0.25, 0.3) is 0 Å². The molecule has 0 atom stereocenters. The molecule has 2 aromatic carbocycles. The fraction of sp³-hybridized carbons (Fsp3) is 0.263. The van der Waals surface area contributed by atoms with Gasteiger partial charge in [0.1, 0.15) is 26.3 Å². The zero-order valence-corrected chi connectivity index (χ0v) is 27.6. The molecule has 2 aromatic heterocycles. The summed E-state index contributed by atoms with van der Waals surface area (Å²) >= 11 is 0. The average molecular weight is 675 g/mol. The van der Waals surface area contributed by atoms with E-state index in [4.69, 9.17) is 9.68 Å². The second-order valence-corrected chi connectivity index (χ2v) is 11.9. The Hall–Kier alpha value is -6.04. The minimum Gasteiger partial charge on any atom is -0.396 e. The molecule has 2 aliphatic heterocycles. The van der Waals surface area contributed by atoms with Gasteiger partial charge in [-0.3, -0.25) is 29.0 Å². The summed E-state index contributed by atoms with van der Waals surface area (Å²) in [5, 5.41) is 8.04. The molecule has 50 heavy (non-hydrogen) atoms. The Morgan fingerprint density at radius 3 is 1.18 bits per heavy atom. The molecule has 4 heterocycles. The molecule has 12 nitrogen and oxygen atoms in total. The number of oxime groups is 2. The van der Waals surface area contributed by atoms with Crippen LogP contribution in [0.2, 0.25) is 0 Å². The van der Waals surface area contributed by atoms with Crippen LogP contribution in [-0.2, 0) is 22.8 Å². The van der Waals surface area contributed by atoms with Crippen molar-refractivity contribution >= 4 is 36.1 Å². The lowest BCUT2D eigenvalue weighted by atomic mass is 10.1. The largest absolute Gasteiger partial charge is 0.396 e. The van der Waals surface area contributed by atoms with Gasteiger partial charge in [0.05, 0.1) is 34.7 Å². The van der Waals surface area contributed by atoms with Crippen LogP contribution in [0.5, 0.6) is 0 Å². The fourth-order valence-electron chi connectivity index (χ4n) is 5.76. The van der Waals surface area contributed by atoms with Crippen LogP contribution in [0.1, 0.15) is 78.2 Å². The number of hydrogen-bond donors (Lipinski definition) is 0. The highest BCUT2D eigenvalue weighted by Crippen LogP contribution is 2.23. The van der Waals surface area contributed by atoms with Gasteiger partial charge < -0.3 is 9.68 Å². The Kier molecular flexibility index (Phi) is 11.1. The van der Waals surface area contributed by atoms with Crippen molar-refractivity contribution in [3.05, 3.63) is 131 Å². The number of rotatable bonds is 17. The summed E-state index contributed by atoms with van der Waals surface area (Å²) in [5.74, 6) is -1.04. The first-order valence-electron chi connectivity index (χ1n) is 16.7. The van der Waals surface area contributed by atoms with E-state index in [1.807, 2.05) is 49.1 Å². The average Bonchev–Trinajstić information content (AvgIpc) is 3.54. The van der Waals surface area contributed by atoms with Crippen LogP contribution in [0.3, 0.4) is 0 Å². The van der Waals surface area contributed by atoms with Gasteiger partial charge in [-0.05, 0) is 24.3 Å². The maximum atomic E-state index is 12.4. The van der Waals surface area contributed by atoms with Gasteiger partial charge in [0.25, 0.3) is 23.6 Å². The lowest BCUT2D eigenvalue weighted by Crippen LogP contribution is -2.35. The molecule has 254 valence electrons. The number of carbonyl (C=O) groups excluding carboxylic acids is 4. The summed E-state index contributed by atoms with van der Waals surface area (Å²) in [4.78, 5) is 62.9. The summed E-state index contributed by atoms with van der Waals surface area (Å²) in [7, 11) is 0. The third kappa shape index (κ3) is 8.15. The number of aromatic nitrogens is 2. The summed E-state index contributed by atoms with van der Waals surface area (Å²) in [6.45, 7) is 2.95. The van der Waals surface area contributed by atoms with Crippen LogP contribution < -0.4 is 9.13 Å². The van der Waals surface area contributed by atoms with Crippen LogP contribution in [-0.4, -0.2) is 72.2 Å². The lowest BCUT2D eigenvalue weighted by molar-refractivity contribution is -0.708. The van der Waals surface area contributed by atoms with E-state index < -0.39 is 0 Å². The normalized spacial score (nSPS) is 13.9. The van der Waals surface area contributed by atoms with Crippen molar-refractivity contribution in [3.8, 4) is 0 Å². The van der Waals surface area contributed by atoms with Crippen molar-refractivity contribution in [1.82, 2.24) is 9.80 Å². The topological polar surface area (TPSA) is 126 Å². The number of unbranched alkanes of at least 4 members (excludes halogenated alkanes) is 1. The van der Waals surface area contributed by atoms with E-state index in [1.54, 1.807) is 61.0 Å². The highest BCUT2D eigenvalue weighted by molar-refractivity contribution is 6.22. The van der Waals surface area contributed by atoms with E-state index in [9.17, 15) is 19.2 Å². The second kappa shape index (κ2) is 16.4. The molecule has 0 N–H and O–H groups in total. The number of benzene rings is 2. The number of amides is 4. The first-order chi connectivity index (χ1) is 24.5. The molecule has 0 saturated heterocycles. The van der Waals surface area contributed by atoms with Crippen LogP contribution >= 0.6 is 0 Å². The molecule has 0 fully saturated rings. The van der Waals surface area contributed by atoms with Gasteiger partial charge in [-0.2, -0.15) is 0 Å². The molecular weight excluding hydrogens is 636 g/mol. The minimum atomic E-state index is -0.260. The first kappa shape index (κ1) is 33.8. The number of aryl methyl sites for hydroxylation is 2. The van der Waals surface area contributed by atoms with E-state index in [0.29, 0.717) is 48.3 Å². The molecule has 0 unspecified atom stereocenters. The number of pyridine rings is 2. The molecule has 0 aliphatic carbocycles. The van der Waals surface area contributed by atoms with Gasteiger partial charge >= 0.3 is 0 Å². The Morgan fingerprint density at radius 2 is 0.840 bits per heavy atom. The van der Waals surface area contributed by atoms with Crippen molar-refractivity contribution in [2.45, 2.75) is 38.8 Å². The second-order valence-electron chi connectivity index (χ2n) is 11.9. The molecule has 4 aromatic rings. The monoisotopic (exact) mass is 674 g/mol. The summed E-state index contributed by atoms with van der Waals surface area (Å²) in [6, 6.07) is 21.6. The summed E-state index contributed by atoms with van der Waals surface area (Å²) in [6.07, 6.45) is 14.4. The fourth-order valence-corrected chi connectivity index (χ4v) is 5.76. The molecule has 0 bridgehead atoms. The van der Waals surface area contributed by atoms with Crippen LogP contribution in [0.15, 0.2) is 108 Å². The number of imide groups is 2. The number of carbonyl (C=O) groups is 4. The molecule has 0 spiro atoms. The van der Waals surface area contributed by atoms with Crippen molar-refractivity contribution < 1.29 is 38.0 Å². The van der Waals surface area contributed by atoms with Gasteiger partial charge in [-0.15, -0.1) is 0 Å². The highest BCUT2D eigenvalue weighted by Gasteiger charge is 2.35. The van der Waals surface area contributed by atoms with Gasteiger partial charge in [0.2, 0.25) is 0 Å². The predicted molar refractivity (Wildman–Crippen MR) is 182 cm³/mol. The maximum absolute atomic E-state index is 12.4.